The Balaban J connectivity index is 1.81. The molecule has 1 aliphatic heterocycles. The third-order valence-corrected chi connectivity index (χ3v) is 3.59. The van der Waals surface area contributed by atoms with Crippen LogP contribution >= 0.6 is 0 Å². The van der Waals surface area contributed by atoms with Crippen molar-refractivity contribution in [2.75, 3.05) is 13.7 Å². The number of hydrogen-bond donors (Lipinski definition) is 1. The van der Waals surface area contributed by atoms with Crippen molar-refractivity contribution in [3.63, 3.8) is 0 Å². The number of methoxy groups -OCH3 is 1. The number of ether oxygens (including phenoxy) is 1. The van der Waals surface area contributed by atoms with Gasteiger partial charge in [-0.1, -0.05) is 0 Å². The normalized spacial score (nSPS) is 22.8. The van der Waals surface area contributed by atoms with Gasteiger partial charge in [0.2, 0.25) is 5.89 Å². The van der Waals surface area contributed by atoms with E-state index in [2.05, 4.69) is 4.98 Å². The quantitative estimate of drug-likeness (QED) is 0.854. The lowest BCUT2D eigenvalue weighted by Gasteiger charge is -2.19. The first-order valence-electron chi connectivity index (χ1n) is 6.61. The summed E-state index contributed by atoms with van der Waals surface area (Å²) >= 11 is 0. The monoisotopic (exact) mass is 294 g/mol. The first-order valence-corrected chi connectivity index (χ1v) is 6.61. The van der Waals surface area contributed by atoms with Crippen LogP contribution in [-0.2, 0) is 16.1 Å². The first-order chi connectivity index (χ1) is 10.1. The van der Waals surface area contributed by atoms with Crippen LogP contribution in [0.5, 0.6) is 0 Å². The average molecular weight is 294 g/mol. The molecule has 0 unspecified atom stereocenters. The number of likely N-dealkylation sites (tertiary alicyclic amines) is 1. The smallest absolute Gasteiger partial charge is 0.323 e. The van der Waals surface area contributed by atoms with Crippen LogP contribution in [0.25, 0.3) is 11.1 Å². The molecule has 0 amide bonds. The van der Waals surface area contributed by atoms with Crippen LogP contribution in [0.4, 0.5) is 4.39 Å². The number of carbonyl (C=O) groups is 1. The second-order valence-electron chi connectivity index (χ2n) is 5.08. The molecule has 0 saturated carbocycles. The maximum Gasteiger partial charge on any atom is 0.323 e. The van der Waals surface area contributed by atoms with E-state index in [-0.39, 0.29) is 6.54 Å². The summed E-state index contributed by atoms with van der Waals surface area (Å²) in [5, 5.41) is 9.72. The van der Waals surface area contributed by atoms with Crippen molar-refractivity contribution in [2.45, 2.75) is 25.1 Å². The second kappa shape index (κ2) is 5.42. The van der Waals surface area contributed by atoms with Gasteiger partial charge in [0.15, 0.2) is 5.58 Å². The van der Waals surface area contributed by atoms with Gasteiger partial charge in [-0.2, -0.15) is 0 Å². The zero-order valence-corrected chi connectivity index (χ0v) is 11.5. The van der Waals surface area contributed by atoms with Gasteiger partial charge >= 0.3 is 5.97 Å². The van der Waals surface area contributed by atoms with E-state index in [0.29, 0.717) is 30.0 Å². The number of aliphatic hydroxyl groups is 1. The summed E-state index contributed by atoms with van der Waals surface area (Å²) in [5.74, 6) is -0.415. The fraction of sp³-hybridized carbons (Fsp3) is 0.429. The molecule has 2 atom stereocenters. The zero-order valence-electron chi connectivity index (χ0n) is 11.5. The second-order valence-corrected chi connectivity index (χ2v) is 5.08. The minimum atomic E-state index is -0.587. The summed E-state index contributed by atoms with van der Waals surface area (Å²) in [7, 11) is 1.31. The summed E-state index contributed by atoms with van der Waals surface area (Å²) in [5.41, 5.74) is 0.917. The molecule has 21 heavy (non-hydrogen) atoms. The van der Waals surface area contributed by atoms with Crippen molar-refractivity contribution in [1.82, 2.24) is 9.88 Å². The molecule has 1 N–H and O–H groups in total. The Morgan fingerprint density at radius 1 is 1.62 bits per heavy atom. The minimum absolute atomic E-state index is 0.257. The third-order valence-electron chi connectivity index (χ3n) is 3.59. The summed E-state index contributed by atoms with van der Waals surface area (Å²) < 4.78 is 23.3. The standard InChI is InChI=1S/C14H15FN2O4/c1-20-14(19)11-5-9(18)6-17(11)7-13-16-10-3-2-8(15)4-12(10)21-13/h2-4,9,11,18H,5-7H2,1H3/t9-,11-/m0/s1. The number of benzene rings is 1. The van der Waals surface area contributed by atoms with Gasteiger partial charge < -0.3 is 14.3 Å². The molecule has 112 valence electrons. The Kier molecular flexibility index (Phi) is 3.60. The molecule has 2 aromatic rings. The Hall–Kier alpha value is -1.99. The molecular weight excluding hydrogens is 279 g/mol. The zero-order chi connectivity index (χ0) is 15.0. The fourth-order valence-corrected chi connectivity index (χ4v) is 2.62. The van der Waals surface area contributed by atoms with E-state index in [1.54, 1.807) is 4.90 Å². The molecule has 1 aromatic heterocycles. The number of aromatic nitrogens is 1. The summed E-state index contributed by atoms with van der Waals surface area (Å²) in [6.07, 6.45) is -0.266. The Morgan fingerprint density at radius 3 is 3.19 bits per heavy atom. The number of hydrogen-bond acceptors (Lipinski definition) is 6. The Morgan fingerprint density at radius 2 is 2.43 bits per heavy atom. The number of esters is 1. The van der Waals surface area contributed by atoms with E-state index in [0.717, 1.165) is 0 Å². The molecular formula is C14H15FN2O4. The molecule has 0 spiro atoms. The number of β-amino-alcohol motifs (C(OH)–C–C–N with tert-alkyl or cyclic N) is 1. The topological polar surface area (TPSA) is 75.8 Å². The SMILES string of the molecule is COC(=O)[C@@H]1C[C@H](O)CN1Cc1nc2ccc(F)cc2o1. The fourth-order valence-electron chi connectivity index (χ4n) is 2.62. The highest BCUT2D eigenvalue weighted by molar-refractivity contribution is 5.76. The van der Waals surface area contributed by atoms with Crippen LogP contribution in [0.2, 0.25) is 0 Å². The Labute approximate surface area is 120 Å². The predicted molar refractivity (Wildman–Crippen MR) is 70.8 cm³/mol. The van der Waals surface area contributed by atoms with E-state index < -0.39 is 23.9 Å². The Bertz CT molecular complexity index is 672. The molecule has 7 heteroatoms. The number of oxazole rings is 1. The molecule has 0 aliphatic carbocycles. The van der Waals surface area contributed by atoms with Crippen LogP contribution < -0.4 is 0 Å². The number of carbonyl (C=O) groups excluding carboxylic acids is 1. The largest absolute Gasteiger partial charge is 0.468 e. The van der Waals surface area contributed by atoms with Crippen molar-refractivity contribution in [3.8, 4) is 0 Å². The lowest BCUT2D eigenvalue weighted by atomic mass is 10.2. The van der Waals surface area contributed by atoms with Crippen molar-refractivity contribution < 1.29 is 23.4 Å². The van der Waals surface area contributed by atoms with Gasteiger partial charge in [-0.3, -0.25) is 9.69 Å². The molecule has 1 saturated heterocycles. The molecule has 2 heterocycles. The maximum atomic E-state index is 13.1. The first kappa shape index (κ1) is 14.0. The molecule has 6 nitrogen and oxygen atoms in total. The van der Waals surface area contributed by atoms with Gasteiger partial charge in [0.1, 0.15) is 17.4 Å². The number of nitrogens with zero attached hydrogens (tertiary/aromatic N) is 2. The molecule has 1 aliphatic rings. The van der Waals surface area contributed by atoms with Gasteiger partial charge in [-0.25, -0.2) is 9.37 Å². The van der Waals surface area contributed by atoms with E-state index in [1.807, 2.05) is 0 Å². The number of fused-ring (bicyclic) bond motifs is 1. The van der Waals surface area contributed by atoms with Crippen LogP contribution in [0.3, 0.4) is 0 Å². The minimum Gasteiger partial charge on any atom is -0.468 e. The summed E-state index contributed by atoms with van der Waals surface area (Å²) in [4.78, 5) is 17.7. The lowest BCUT2D eigenvalue weighted by molar-refractivity contribution is -0.146. The maximum absolute atomic E-state index is 13.1. The van der Waals surface area contributed by atoms with Crippen LogP contribution in [0.15, 0.2) is 22.6 Å². The van der Waals surface area contributed by atoms with Gasteiger partial charge in [-0.15, -0.1) is 0 Å². The number of rotatable bonds is 3. The lowest BCUT2D eigenvalue weighted by Crippen LogP contribution is -2.36. The molecule has 3 rings (SSSR count). The van der Waals surface area contributed by atoms with Crippen LogP contribution in [0.1, 0.15) is 12.3 Å². The average Bonchev–Trinajstić information content (AvgIpc) is 3.00. The third kappa shape index (κ3) is 2.74. The van der Waals surface area contributed by atoms with E-state index in [1.165, 1.54) is 25.3 Å². The molecule has 0 bridgehead atoms. The van der Waals surface area contributed by atoms with Crippen molar-refractivity contribution >= 4 is 17.1 Å². The van der Waals surface area contributed by atoms with E-state index in [9.17, 15) is 14.3 Å². The predicted octanol–water partition coefficient (Wildman–Crippen LogP) is 1.08. The van der Waals surface area contributed by atoms with E-state index >= 15 is 0 Å². The van der Waals surface area contributed by atoms with E-state index in [4.69, 9.17) is 9.15 Å². The van der Waals surface area contributed by atoms with Gasteiger partial charge in [0.05, 0.1) is 19.8 Å². The van der Waals surface area contributed by atoms with Crippen LogP contribution in [0, 0.1) is 5.82 Å². The van der Waals surface area contributed by atoms with Gasteiger partial charge in [0.25, 0.3) is 0 Å². The van der Waals surface area contributed by atoms with Crippen LogP contribution in [-0.4, -0.2) is 46.8 Å². The molecule has 1 fully saturated rings. The summed E-state index contributed by atoms with van der Waals surface area (Å²) in [6.45, 7) is 0.597. The molecule has 0 radical (unpaired) electrons. The highest BCUT2D eigenvalue weighted by Gasteiger charge is 2.37. The highest BCUT2D eigenvalue weighted by Crippen LogP contribution is 2.23. The number of aliphatic hydroxyl groups excluding tert-OH is 1. The molecule has 1 aromatic carbocycles. The number of halogens is 1. The van der Waals surface area contributed by atoms with Crippen molar-refractivity contribution in [1.29, 1.82) is 0 Å². The van der Waals surface area contributed by atoms with Crippen molar-refractivity contribution in [2.24, 2.45) is 0 Å². The summed E-state index contributed by atoms with van der Waals surface area (Å²) in [6, 6.07) is 3.60. The van der Waals surface area contributed by atoms with Gasteiger partial charge in [0, 0.05) is 19.0 Å². The highest BCUT2D eigenvalue weighted by atomic mass is 19.1. The van der Waals surface area contributed by atoms with Gasteiger partial charge in [-0.05, 0) is 12.1 Å². The van der Waals surface area contributed by atoms with Crippen molar-refractivity contribution in [3.05, 3.63) is 29.9 Å².